The summed E-state index contributed by atoms with van der Waals surface area (Å²) in [5.74, 6) is -0.104. The van der Waals surface area contributed by atoms with Gasteiger partial charge in [0.1, 0.15) is 0 Å². The summed E-state index contributed by atoms with van der Waals surface area (Å²) in [6, 6.07) is 0. The van der Waals surface area contributed by atoms with Gasteiger partial charge >= 0.3 is 5.97 Å². The summed E-state index contributed by atoms with van der Waals surface area (Å²) in [5, 5.41) is 7.14. The van der Waals surface area contributed by atoms with Gasteiger partial charge in [0, 0.05) is 36.7 Å². The number of aryl methyl sites for hydroxylation is 1. The molecule has 0 aromatic carbocycles. The van der Waals surface area contributed by atoms with Crippen molar-refractivity contribution in [2.75, 3.05) is 19.7 Å². The molecule has 0 radical (unpaired) electrons. The second-order valence-electron chi connectivity index (χ2n) is 6.19. The average molecular weight is 305 g/mol. The second-order valence-corrected chi connectivity index (χ2v) is 6.19. The minimum Gasteiger partial charge on any atom is -0.461 e. The minimum atomic E-state index is -0.359. The van der Waals surface area contributed by atoms with Crippen LogP contribution in [0.15, 0.2) is 0 Å². The highest BCUT2D eigenvalue weighted by Gasteiger charge is 2.30. The maximum absolute atomic E-state index is 12.3. The lowest BCUT2D eigenvalue weighted by molar-refractivity contribution is -0.127. The molecule has 0 saturated carbocycles. The smallest absolute Gasteiger partial charge is 0.359 e. The third kappa shape index (κ3) is 3.00. The van der Waals surface area contributed by atoms with E-state index in [1.807, 2.05) is 6.92 Å². The van der Waals surface area contributed by atoms with Gasteiger partial charge in [0.15, 0.2) is 5.69 Å². The fourth-order valence-electron chi connectivity index (χ4n) is 3.36. The van der Waals surface area contributed by atoms with Gasteiger partial charge in [0.2, 0.25) is 5.91 Å². The van der Waals surface area contributed by atoms with Crippen molar-refractivity contribution in [2.45, 2.75) is 45.4 Å². The lowest BCUT2D eigenvalue weighted by Gasteiger charge is -2.13. The van der Waals surface area contributed by atoms with Crippen molar-refractivity contribution in [1.29, 1.82) is 0 Å². The van der Waals surface area contributed by atoms with Crippen LogP contribution >= 0.6 is 0 Å². The van der Waals surface area contributed by atoms with Crippen molar-refractivity contribution in [3.05, 3.63) is 17.0 Å². The molecule has 0 spiro atoms. The van der Waals surface area contributed by atoms with E-state index in [4.69, 9.17) is 4.74 Å². The zero-order valence-electron chi connectivity index (χ0n) is 13.1. The molecule has 1 unspecified atom stereocenters. The number of hydrogen-bond donors (Lipinski definition) is 1. The number of aromatic amines is 1. The third-order valence-electron chi connectivity index (χ3n) is 4.63. The number of fused-ring (bicyclic) bond motifs is 1. The van der Waals surface area contributed by atoms with E-state index in [-0.39, 0.29) is 17.8 Å². The number of aromatic nitrogens is 2. The molecular weight excluding hydrogens is 282 g/mol. The molecule has 1 amide bonds. The number of carbonyl (C=O) groups is 2. The van der Waals surface area contributed by atoms with Crippen molar-refractivity contribution in [1.82, 2.24) is 15.1 Å². The maximum atomic E-state index is 12.3. The molecule has 3 rings (SSSR count). The van der Waals surface area contributed by atoms with Crippen molar-refractivity contribution in [3.8, 4) is 0 Å². The summed E-state index contributed by atoms with van der Waals surface area (Å²) in [6.45, 7) is 3.66. The van der Waals surface area contributed by atoms with Crippen LogP contribution in [0.4, 0.5) is 0 Å². The molecule has 1 fully saturated rings. The van der Waals surface area contributed by atoms with E-state index in [9.17, 15) is 9.59 Å². The van der Waals surface area contributed by atoms with E-state index in [2.05, 4.69) is 10.2 Å². The maximum Gasteiger partial charge on any atom is 0.359 e. The van der Waals surface area contributed by atoms with Crippen LogP contribution in [0.3, 0.4) is 0 Å². The quantitative estimate of drug-likeness (QED) is 0.678. The molecule has 1 aromatic rings. The first-order valence-corrected chi connectivity index (χ1v) is 8.20. The van der Waals surface area contributed by atoms with Gasteiger partial charge in [-0.2, -0.15) is 5.10 Å². The molecule has 0 bridgehead atoms. The van der Waals surface area contributed by atoms with Gasteiger partial charge in [0.05, 0.1) is 6.61 Å². The van der Waals surface area contributed by atoms with Crippen molar-refractivity contribution in [2.24, 2.45) is 5.92 Å². The van der Waals surface area contributed by atoms with Gasteiger partial charge in [-0.05, 0) is 32.6 Å². The third-order valence-corrected chi connectivity index (χ3v) is 4.63. The summed E-state index contributed by atoms with van der Waals surface area (Å²) in [4.78, 5) is 25.8. The summed E-state index contributed by atoms with van der Waals surface area (Å²) in [5.41, 5.74) is 2.55. The second kappa shape index (κ2) is 6.50. The van der Waals surface area contributed by atoms with Crippen LogP contribution in [-0.2, 0) is 22.4 Å². The monoisotopic (exact) mass is 305 g/mol. The Balaban J connectivity index is 1.59. The number of carbonyl (C=O) groups excluding carboxylic acids is 2. The Morgan fingerprint density at radius 2 is 2.18 bits per heavy atom. The Labute approximate surface area is 130 Å². The largest absolute Gasteiger partial charge is 0.461 e. The highest BCUT2D eigenvalue weighted by atomic mass is 16.5. The van der Waals surface area contributed by atoms with E-state index in [0.29, 0.717) is 25.3 Å². The summed E-state index contributed by atoms with van der Waals surface area (Å²) < 4.78 is 5.42. The zero-order chi connectivity index (χ0) is 15.5. The molecule has 22 heavy (non-hydrogen) atoms. The first-order chi connectivity index (χ1) is 10.7. The Morgan fingerprint density at radius 3 is 2.95 bits per heavy atom. The van der Waals surface area contributed by atoms with Crippen molar-refractivity contribution in [3.63, 3.8) is 0 Å². The summed E-state index contributed by atoms with van der Waals surface area (Å²) >= 11 is 0. The Hall–Kier alpha value is -1.85. The van der Waals surface area contributed by atoms with E-state index in [1.165, 1.54) is 6.42 Å². The zero-order valence-corrected chi connectivity index (χ0v) is 13.1. The molecule has 1 aliphatic carbocycles. The minimum absolute atomic E-state index is 0.106. The molecule has 1 aromatic heterocycles. The van der Waals surface area contributed by atoms with E-state index in [1.54, 1.807) is 4.90 Å². The molecule has 2 heterocycles. The Morgan fingerprint density at radius 1 is 1.36 bits per heavy atom. The van der Waals surface area contributed by atoms with Gasteiger partial charge in [-0.25, -0.2) is 4.79 Å². The summed E-state index contributed by atoms with van der Waals surface area (Å²) in [6.07, 6.45) is 5.74. The Bertz CT molecular complexity index is 567. The van der Waals surface area contributed by atoms with Crippen molar-refractivity contribution < 1.29 is 14.3 Å². The molecule has 6 heteroatoms. The number of hydrogen-bond acceptors (Lipinski definition) is 4. The van der Waals surface area contributed by atoms with Gasteiger partial charge in [-0.15, -0.1) is 0 Å². The summed E-state index contributed by atoms with van der Waals surface area (Å²) in [7, 11) is 0. The van der Waals surface area contributed by atoms with E-state index < -0.39 is 0 Å². The molecule has 1 N–H and O–H groups in total. The van der Waals surface area contributed by atoms with E-state index in [0.717, 1.165) is 43.5 Å². The number of amides is 1. The number of esters is 1. The molecule has 1 atom stereocenters. The molecule has 1 saturated heterocycles. The predicted octanol–water partition coefficient (Wildman–Crippen LogP) is 1.70. The topological polar surface area (TPSA) is 75.3 Å². The van der Waals surface area contributed by atoms with Gasteiger partial charge in [-0.3, -0.25) is 9.89 Å². The fraction of sp³-hybridized carbons (Fsp3) is 0.688. The molecule has 6 nitrogen and oxygen atoms in total. The highest BCUT2D eigenvalue weighted by molar-refractivity contribution is 5.89. The van der Waals surface area contributed by atoms with Gasteiger partial charge in [-0.1, -0.05) is 6.42 Å². The fourth-order valence-corrected chi connectivity index (χ4v) is 3.36. The predicted molar refractivity (Wildman–Crippen MR) is 80.5 cm³/mol. The average Bonchev–Trinajstić information content (AvgIpc) is 3.00. The van der Waals surface area contributed by atoms with Crippen LogP contribution in [-0.4, -0.2) is 46.7 Å². The number of nitrogens with zero attached hydrogens (tertiary/aromatic N) is 2. The number of rotatable bonds is 4. The number of nitrogens with one attached hydrogen (secondary N) is 1. The van der Waals surface area contributed by atoms with Crippen LogP contribution in [0.2, 0.25) is 0 Å². The lowest BCUT2D eigenvalue weighted by Crippen LogP contribution is -2.25. The lowest BCUT2D eigenvalue weighted by atomic mass is 10.1. The van der Waals surface area contributed by atoms with Gasteiger partial charge in [0.25, 0.3) is 0 Å². The first-order valence-electron chi connectivity index (χ1n) is 8.20. The van der Waals surface area contributed by atoms with Crippen LogP contribution in [0, 0.1) is 5.92 Å². The van der Waals surface area contributed by atoms with Crippen LogP contribution in [0.5, 0.6) is 0 Å². The Kier molecular flexibility index (Phi) is 4.45. The van der Waals surface area contributed by atoms with Crippen LogP contribution < -0.4 is 0 Å². The van der Waals surface area contributed by atoms with E-state index >= 15 is 0 Å². The molecule has 120 valence electrons. The molecule has 2 aliphatic rings. The normalized spacial score (nSPS) is 21.6. The number of H-pyrrole nitrogens is 1. The number of likely N-dealkylation sites (tertiary alicyclic amines) is 1. The van der Waals surface area contributed by atoms with Crippen LogP contribution in [0.25, 0.3) is 0 Å². The SMILES string of the molecule is CCN1CC(COC(=O)c2n[nH]c3c2CCCCC3)CC1=O. The molecular formula is C16H23N3O3. The first kappa shape index (κ1) is 15.1. The standard InChI is InChI=1S/C16H23N3O3/c1-2-19-9-11(8-14(19)20)10-22-16(21)15-12-6-4-3-5-7-13(12)17-18-15/h11H,2-10H2,1H3,(H,17,18). The van der Waals surface area contributed by atoms with Gasteiger partial charge < -0.3 is 9.64 Å². The highest BCUT2D eigenvalue weighted by Crippen LogP contribution is 2.23. The van der Waals surface area contributed by atoms with Crippen molar-refractivity contribution >= 4 is 11.9 Å². The van der Waals surface area contributed by atoms with Crippen LogP contribution in [0.1, 0.15) is 54.4 Å². The molecule has 1 aliphatic heterocycles. The number of ether oxygens (including phenoxy) is 1.